The third-order valence-electron chi connectivity index (χ3n) is 4.26. The molecule has 2 N–H and O–H groups in total. The minimum absolute atomic E-state index is 0.197. The van der Waals surface area contributed by atoms with Crippen molar-refractivity contribution in [1.82, 2.24) is 9.44 Å². The van der Waals surface area contributed by atoms with Crippen LogP contribution in [0.4, 0.5) is 0 Å². The Morgan fingerprint density at radius 2 is 0.719 bits per heavy atom. The van der Waals surface area contributed by atoms with Gasteiger partial charge in [-0.15, -0.1) is 0 Å². The highest BCUT2D eigenvalue weighted by molar-refractivity contribution is 8.75. The van der Waals surface area contributed by atoms with Crippen LogP contribution in [0.3, 0.4) is 0 Å². The van der Waals surface area contributed by atoms with Crippen LogP contribution < -0.4 is 9.44 Å². The van der Waals surface area contributed by atoms with Crippen LogP contribution in [0.2, 0.25) is 0 Å². The van der Waals surface area contributed by atoms with Gasteiger partial charge in [0.1, 0.15) is 0 Å². The molecule has 0 spiro atoms. The molecule has 0 aliphatic rings. The lowest BCUT2D eigenvalue weighted by molar-refractivity contribution is 0.0975. The number of hydrogen-bond donors (Lipinski definition) is 2. The van der Waals surface area contributed by atoms with Gasteiger partial charge in [0.15, 0.2) is 0 Å². The van der Waals surface area contributed by atoms with E-state index in [1.54, 1.807) is 48.5 Å². The second kappa shape index (κ2) is 13.0. The predicted octanol–water partition coefficient (Wildman–Crippen LogP) is 6.41. The molecule has 0 heterocycles. The third-order valence-corrected chi connectivity index (χ3v) is 5.63. The van der Waals surface area contributed by atoms with Gasteiger partial charge >= 0.3 is 0 Å². The Bertz CT molecular complexity index is 1000. The normalized spacial score (nSPS) is 9.75. The number of amides is 2. The van der Waals surface area contributed by atoms with Gasteiger partial charge in [-0.05, 0) is 35.4 Å². The van der Waals surface area contributed by atoms with Crippen LogP contribution in [0.15, 0.2) is 121 Å². The molecular formula is C26H22N2O2S2. The molecule has 4 aromatic carbocycles. The van der Waals surface area contributed by atoms with Gasteiger partial charge in [-0.1, -0.05) is 97.1 Å². The molecule has 0 atom stereocenters. The summed E-state index contributed by atoms with van der Waals surface area (Å²) in [7, 11) is 2.13. The molecule has 0 radical (unpaired) electrons. The van der Waals surface area contributed by atoms with E-state index in [4.69, 9.17) is 0 Å². The lowest BCUT2D eigenvalue weighted by atomic mass is 10.1. The zero-order valence-corrected chi connectivity index (χ0v) is 18.8. The van der Waals surface area contributed by atoms with Crippen LogP contribution in [0.5, 0.6) is 0 Å². The van der Waals surface area contributed by atoms with E-state index in [2.05, 4.69) is 58.0 Å². The molecule has 0 unspecified atom stereocenters. The monoisotopic (exact) mass is 458 g/mol. The summed E-state index contributed by atoms with van der Waals surface area (Å²) >= 11 is 0. The number of nitrogens with one attached hydrogen (secondary N) is 2. The first-order valence-electron chi connectivity index (χ1n) is 9.88. The molecule has 6 heteroatoms. The van der Waals surface area contributed by atoms with Crippen molar-refractivity contribution < 1.29 is 9.59 Å². The van der Waals surface area contributed by atoms with E-state index in [1.165, 1.54) is 11.1 Å². The topological polar surface area (TPSA) is 58.2 Å². The third kappa shape index (κ3) is 7.65. The first kappa shape index (κ1) is 23.2. The van der Waals surface area contributed by atoms with E-state index in [0.29, 0.717) is 11.1 Å². The quantitative estimate of drug-likeness (QED) is 0.199. The fourth-order valence-electron chi connectivity index (χ4n) is 2.68. The van der Waals surface area contributed by atoms with Crippen LogP contribution in [0.1, 0.15) is 20.7 Å². The highest BCUT2D eigenvalue weighted by Gasteiger charge is 2.06. The maximum absolute atomic E-state index is 11.7. The summed E-state index contributed by atoms with van der Waals surface area (Å²) in [4.78, 5) is 23.4. The Morgan fingerprint density at radius 3 is 1.03 bits per heavy atom. The Labute approximate surface area is 196 Å². The average molecular weight is 459 g/mol. The Kier molecular flexibility index (Phi) is 9.45. The molecule has 32 heavy (non-hydrogen) atoms. The fourth-order valence-corrected chi connectivity index (χ4v) is 3.85. The molecule has 4 rings (SSSR count). The van der Waals surface area contributed by atoms with Crippen molar-refractivity contribution in [2.45, 2.75) is 0 Å². The van der Waals surface area contributed by atoms with Gasteiger partial charge in [0.2, 0.25) is 0 Å². The molecule has 0 fully saturated rings. The minimum Gasteiger partial charge on any atom is -0.285 e. The van der Waals surface area contributed by atoms with Gasteiger partial charge in [-0.25, -0.2) is 0 Å². The zero-order chi connectivity index (χ0) is 22.4. The summed E-state index contributed by atoms with van der Waals surface area (Å²) in [5.41, 5.74) is 3.71. The number of carbonyl (C=O) groups excluding carboxylic acids is 2. The van der Waals surface area contributed by atoms with Gasteiger partial charge in [0, 0.05) is 33.1 Å². The van der Waals surface area contributed by atoms with Crippen LogP contribution in [0, 0.1) is 0 Å². The van der Waals surface area contributed by atoms with Crippen molar-refractivity contribution in [3.05, 3.63) is 132 Å². The summed E-state index contributed by atoms with van der Waals surface area (Å²) in [6.07, 6.45) is 0. The van der Waals surface area contributed by atoms with Crippen LogP contribution >= 0.6 is 22.0 Å². The van der Waals surface area contributed by atoms with Gasteiger partial charge < -0.3 is 0 Å². The van der Waals surface area contributed by atoms with Crippen molar-refractivity contribution in [3.63, 3.8) is 0 Å². The maximum Gasteiger partial charge on any atom is 0.261 e. The Balaban J connectivity index is 0.000000204. The summed E-state index contributed by atoms with van der Waals surface area (Å²) in [6.45, 7) is 0. The van der Waals surface area contributed by atoms with E-state index in [9.17, 15) is 9.59 Å². The fraction of sp³-hybridized carbons (Fsp3) is 0. The second-order valence-electron chi connectivity index (χ2n) is 6.49. The second-order valence-corrected chi connectivity index (χ2v) is 8.23. The molecule has 0 aromatic heterocycles. The van der Waals surface area contributed by atoms with E-state index in [0.717, 1.165) is 22.0 Å². The van der Waals surface area contributed by atoms with E-state index in [1.807, 2.05) is 24.3 Å². The lowest BCUT2D eigenvalue weighted by Crippen LogP contribution is -2.18. The summed E-state index contributed by atoms with van der Waals surface area (Å²) in [5.74, 6) is -0.394. The van der Waals surface area contributed by atoms with Crippen LogP contribution in [0.25, 0.3) is 11.1 Å². The van der Waals surface area contributed by atoms with Crippen molar-refractivity contribution in [2.24, 2.45) is 0 Å². The number of hydrogen-bond acceptors (Lipinski definition) is 4. The van der Waals surface area contributed by atoms with Crippen molar-refractivity contribution >= 4 is 33.8 Å². The molecular weight excluding hydrogens is 436 g/mol. The summed E-state index contributed by atoms with van der Waals surface area (Å²) in [5, 5.41) is 0. The van der Waals surface area contributed by atoms with Crippen LogP contribution in [-0.2, 0) is 0 Å². The molecule has 160 valence electrons. The zero-order valence-electron chi connectivity index (χ0n) is 17.2. The lowest BCUT2D eigenvalue weighted by Gasteiger charge is -2.04. The highest BCUT2D eigenvalue weighted by atomic mass is 33.1. The molecule has 0 aliphatic heterocycles. The van der Waals surface area contributed by atoms with Crippen molar-refractivity contribution in [1.29, 1.82) is 0 Å². The standard InChI is InChI=1S/C14H12N2O2S2.C12H10/c17-13(11-7-3-1-4-8-11)15-19-20-16-14(18)12-9-5-2-6-10-12;1-3-7-11(8-4-1)12-9-5-2-6-10-12/h1-10H,(H,15,17)(H,16,18);1-10H. The maximum atomic E-state index is 11.7. The van der Waals surface area contributed by atoms with Gasteiger partial charge in [0.05, 0.1) is 0 Å². The summed E-state index contributed by atoms with van der Waals surface area (Å²) in [6, 6.07) is 38.6. The van der Waals surface area contributed by atoms with E-state index in [-0.39, 0.29) is 11.8 Å². The van der Waals surface area contributed by atoms with E-state index >= 15 is 0 Å². The van der Waals surface area contributed by atoms with Crippen LogP contribution in [-0.4, -0.2) is 11.8 Å². The van der Waals surface area contributed by atoms with Gasteiger partial charge in [-0.3, -0.25) is 19.0 Å². The molecule has 4 nitrogen and oxygen atoms in total. The Morgan fingerprint density at radius 1 is 0.438 bits per heavy atom. The molecule has 0 saturated carbocycles. The smallest absolute Gasteiger partial charge is 0.261 e. The van der Waals surface area contributed by atoms with Crippen molar-refractivity contribution in [2.75, 3.05) is 0 Å². The molecule has 2 amide bonds. The number of benzene rings is 4. The number of carbonyl (C=O) groups is 2. The molecule has 0 saturated heterocycles. The molecule has 0 aliphatic carbocycles. The SMILES string of the molecule is O=C(NSSNC(=O)c1ccccc1)c1ccccc1.c1ccc(-c2ccccc2)cc1. The largest absolute Gasteiger partial charge is 0.285 e. The Hall–Kier alpha value is -3.48. The molecule has 4 aromatic rings. The van der Waals surface area contributed by atoms with Gasteiger partial charge in [0.25, 0.3) is 11.8 Å². The first-order chi connectivity index (χ1) is 15.7. The average Bonchev–Trinajstić information content (AvgIpc) is 2.89. The highest BCUT2D eigenvalue weighted by Crippen LogP contribution is 2.17. The molecule has 0 bridgehead atoms. The first-order valence-corrected chi connectivity index (χ1v) is 12.0. The van der Waals surface area contributed by atoms with E-state index < -0.39 is 0 Å². The van der Waals surface area contributed by atoms with Gasteiger partial charge in [-0.2, -0.15) is 0 Å². The summed E-state index contributed by atoms with van der Waals surface area (Å²) < 4.78 is 5.26. The predicted molar refractivity (Wildman–Crippen MR) is 135 cm³/mol. The van der Waals surface area contributed by atoms with Crippen molar-refractivity contribution in [3.8, 4) is 11.1 Å². The minimum atomic E-state index is -0.197. The number of rotatable bonds is 6.